The average molecular weight is 550 g/mol. The van der Waals surface area contributed by atoms with Crippen LogP contribution >= 0.6 is 45.2 Å². The van der Waals surface area contributed by atoms with Gasteiger partial charge in [-0.3, -0.25) is 19.4 Å². The number of halogens is 2. The van der Waals surface area contributed by atoms with Gasteiger partial charge in [0, 0.05) is 14.1 Å². The molecule has 0 spiro atoms. The molecule has 2 rings (SSSR count). The molecule has 1 heterocycles. The van der Waals surface area contributed by atoms with E-state index in [4.69, 9.17) is 11.2 Å². The zero-order valence-electron chi connectivity index (χ0n) is 12.8. The summed E-state index contributed by atoms with van der Waals surface area (Å²) >= 11 is 4.19. The highest BCUT2D eigenvalue weighted by Gasteiger charge is 2.37. The summed E-state index contributed by atoms with van der Waals surface area (Å²) in [7, 11) is 2.68. The maximum Gasteiger partial charge on any atom is 0.333 e. The summed E-state index contributed by atoms with van der Waals surface area (Å²) < 4.78 is 7.09. The zero-order chi connectivity index (χ0) is 18.0. The maximum atomic E-state index is 12.2. The first-order valence-electron chi connectivity index (χ1n) is 6.65. The lowest BCUT2D eigenvalue weighted by molar-refractivity contribution is -0.134. The lowest BCUT2D eigenvalue weighted by atomic mass is 10.1. The van der Waals surface area contributed by atoms with Crippen molar-refractivity contribution in [3.05, 3.63) is 30.4 Å². The van der Waals surface area contributed by atoms with Crippen molar-refractivity contribution in [2.24, 2.45) is 0 Å². The number of hydrogen-bond acceptors (Lipinski definition) is 4. The van der Waals surface area contributed by atoms with E-state index in [0.29, 0.717) is 11.3 Å². The molecule has 1 aromatic carbocycles. The summed E-state index contributed by atoms with van der Waals surface area (Å²) in [5.41, 5.74) is 0.591. The van der Waals surface area contributed by atoms with Gasteiger partial charge in [0.25, 0.3) is 11.8 Å². The van der Waals surface area contributed by atoms with E-state index in [0.717, 1.165) is 16.9 Å². The van der Waals surface area contributed by atoms with E-state index < -0.39 is 17.8 Å². The minimum Gasteiger partial charge on any atom is -0.479 e. The van der Waals surface area contributed by atoms with Crippen LogP contribution in [-0.2, 0) is 9.59 Å². The molecule has 24 heavy (non-hydrogen) atoms. The third-order valence-corrected chi connectivity index (χ3v) is 4.88. The predicted octanol–water partition coefficient (Wildman–Crippen LogP) is 2.34. The second kappa shape index (κ2) is 7.52. The van der Waals surface area contributed by atoms with Crippen molar-refractivity contribution in [1.82, 2.24) is 9.80 Å². The van der Waals surface area contributed by atoms with Gasteiger partial charge >= 0.3 is 6.03 Å². The number of hydrogen-bond donors (Lipinski definition) is 0. The van der Waals surface area contributed by atoms with Gasteiger partial charge in [-0.2, -0.15) is 0 Å². The van der Waals surface area contributed by atoms with Crippen LogP contribution in [0.3, 0.4) is 0 Å². The number of urea groups is 1. The number of likely N-dealkylation sites (N-methyl/N-ethyl adjacent to an activating group) is 2. The number of imide groups is 2. The Balaban J connectivity index is 2.44. The number of rotatable bonds is 3. The first kappa shape index (κ1) is 18.7. The first-order valence-corrected chi connectivity index (χ1v) is 8.80. The number of carbonyl (C=O) groups excluding carboxylic acids is 3. The molecule has 0 aliphatic carbocycles. The molecule has 124 valence electrons. The Morgan fingerprint density at radius 2 is 1.62 bits per heavy atom. The van der Waals surface area contributed by atoms with Gasteiger partial charge < -0.3 is 4.74 Å². The van der Waals surface area contributed by atoms with E-state index in [1.807, 2.05) is 0 Å². The molecular formula is C16H12I2N2O4. The second-order valence-electron chi connectivity index (χ2n) is 4.88. The SMILES string of the molecule is C#CCOc1c(I)cc(C=C2C(=O)N(C)C(=O)N(C)C2=O)cc1I. The van der Waals surface area contributed by atoms with Crippen molar-refractivity contribution in [3.63, 3.8) is 0 Å². The molecule has 1 aliphatic rings. The van der Waals surface area contributed by atoms with Crippen molar-refractivity contribution in [1.29, 1.82) is 0 Å². The molecule has 0 saturated carbocycles. The molecule has 4 amide bonds. The van der Waals surface area contributed by atoms with Gasteiger partial charge in [-0.25, -0.2) is 4.79 Å². The van der Waals surface area contributed by atoms with E-state index in [1.54, 1.807) is 12.1 Å². The van der Waals surface area contributed by atoms with Gasteiger partial charge in [0.15, 0.2) is 0 Å². The highest BCUT2D eigenvalue weighted by atomic mass is 127. The quantitative estimate of drug-likeness (QED) is 0.251. The second-order valence-corrected chi connectivity index (χ2v) is 7.20. The van der Waals surface area contributed by atoms with Gasteiger partial charge in [-0.1, -0.05) is 5.92 Å². The minimum absolute atomic E-state index is 0.0662. The van der Waals surface area contributed by atoms with Crippen molar-refractivity contribution in [2.75, 3.05) is 20.7 Å². The number of amides is 4. The Kier molecular flexibility index (Phi) is 5.87. The van der Waals surface area contributed by atoms with Crippen LogP contribution in [0.25, 0.3) is 6.08 Å². The Labute approximate surface area is 166 Å². The zero-order valence-corrected chi connectivity index (χ0v) is 17.1. The van der Waals surface area contributed by atoms with Gasteiger partial charge in [0.2, 0.25) is 0 Å². The molecule has 1 saturated heterocycles. The van der Waals surface area contributed by atoms with Crippen LogP contribution in [0.4, 0.5) is 4.79 Å². The van der Waals surface area contributed by atoms with E-state index >= 15 is 0 Å². The Morgan fingerprint density at radius 3 is 2.08 bits per heavy atom. The summed E-state index contributed by atoms with van der Waals surface area (Å²) in [5.74, 6) is 1.81. The fraction of sp³-hybridized carbons (Fsp3) is 0.188. The standard InChI is InChI=1S/C16H12I2N2O4/c1-4-5-24-13-11(17)7-9(8-12(13)18)6-10-14(21)19(2)16(23)20(3)15(10)22/h1,6-8H,5H2,2-3H3. The van der Waals surface area contributed by atoms with E-state index in [-0.39, 0.29) is 12.2 Å². The molecule has 0 aromatic heterocycles. The van der Waals surface area contributed by atoms with Crippen molar-refractivity contribution < 1.29 is 19.1 Å². The van der Waals surface area contributed by atoms with Gasteiger partial charge in [0.05, 0.1) is 7.14 Å². The van der Waals surface area contributed by atoms with Gasteiger partial charge in [0.1, 0.15) is 17.9 Å². The summed E-state index contributed by atoms with van der Waals surface area (Å²) in [4.78, 5) is 38.0. The van der Waals surface area contributed by atoms with Gasteiger partial charge in [-0.15, -0.1) is 6.42 Å². The molecular weight excluding hydrogens is 538 g/mol. The minimum atomic E-state index is -0.649. The van der Waals surface area contributed by atoms with Crippen molar-refractivity contribution in [2.45, 2.75) is 0 Å². The van der Waals surface area contributed by atoms with Crippen LogP contribution in [0, 0.1) is 19.5 Å². The number of nitrogens with zero attached hydrogens (tertiary/aromatic N) is 2. The maximum absolute atomic E-state index is 12.2. The topological polar surface area (TPSA) is 66.9 Å². The fourth-order valence-electron chi connectivity index (χ4n) is 2.06. The largest absolute Gasteiger partial charge is 0.479 e. The number of benzene rings is 1. The smallest absolute Gasteiger partial charge is 0.333 e. The average Bonchev–Trinajstić information content (AvgIpc) is 2.54. The molecule has 1 fully saturated rings. The molecule has 8 heteroatoms. The highest BCUT2D eigenvalue weighted by molar-refractivity contribution is 14.1. The fourth-order valence-corrected chi connectivity index (χ4v) is 4.18. The molecule has 1 aliphatic heterocycles. The molecule has 0 unspecified atom stereocenters. The molecule has 0 atom stereocenters. The summed E-state index contributed by atoms with van der Waals surface area (Å²) in [6.45, 7) is 0.154. The lowest BCUT2D eigenvalue weighted by Gasteiger charge is -2.28. The van der Waals surface area contributed by atoms with Crippen LogP contribution in [0.1, 0.15) is 5.56 Å². The Hall–Kier alpha value is -1.61. The third-order valence-electron chi connectivity index (χ3n) is 3.28. The van der Waals surface area contributed by atoms with Crippen LogP contribution < -0.4 is 4.74 Å². The van der Waals surface area contributed by atoms with Crippen molar-refractivity contribution >= 4 is 69.1 Å². The molecule has 1 aromatic rings. The third kappa shape index (κ3) is 3.56. The highest BCUT2D eigenvalue weighted by Crippen LogP contribution is 2.30. The summed E-state index contributed by atoms with van der Waals surface area (Å²) in [5, 5.41) is 0. The molecule has 0 N–H and O–H groups in total. The number of carbonyl (C=O) groups is 3. The number of barbiturate groups is 1. The van der Waals surface area contributed by atoms with E-state index in [2.05, 4.69) is 51.1 Å². The van der Waals surface area contributed by atoms with Crippen LogP contribution in [0.5, 0.6) is 5.75 Å². The summed E-state index contributed by atoms with van der Waals surface area (Å²) in [6, 6.07) is 2.90. The number of terminal acetylenes is 1. The first-order chi connectivity index (χ1) is 11.3. The monoisotopic (exact) mass is 550 g/mol. The van der Waals surface area contributed by atoms with Crippen molar-refractivity contribution in [3.8, 4) is 18.1 Å². The lowest BCUT2D eigenvalue weighted by Crippen LogP contribution is -2.52. The van der Waals surface area contributed by atoms with E-state index in [9.17, 15) is 14.4 Å². The molecule has 0 radical (unpaired) electrons. The van der Waals surface area contributed by atoms with Crippen LogP contribution in [-0.4, -0.2) is 48.3 Å². The summed E-state index contributed by atoms with van der Waals surface area (Å²) in [6.07, 6.45) is 6.67. The number of ether oxygens (including phenoxy) is 1. The Morgan fingerprint density at radius 1 is 1.12 bits per heavy atom. The van der Waals surface area contributed by atoms with E-state index in [1.165, 1.54) is 20.2 Å². The molecule has 6 nitrogen and oxygen atoms in total. The van der Waals surface area contributed by atoms with Gasteiger partial charge in [-0.05, 0) is 69.0 Å². The Bertz CT molecular complexity index is 762. The normalized spacial score (nSPS) is 14.8. The predicted molar refractivity (Wildman–Crippen MR) is 105 cm³/mol. The van der Waals surface area contributed by atoms with Crippen LogP contribution in [0.2, 0.25) is 0 Å². The van der Waals surface area contributed by atoms with Crippen LogP contribution in [0.15, 0.2) is 17.7 Å². The molecule has 0 bridgehead atoms.